The van der Waals surface area contributed by atoms with E-state index in [1.165, 1.54) is 19.4 Å². The van der Waals surface area contributed by atoms with Crippen LogP contribution in [0.15, 0.2) is 29.0 Å². The number of ether oxygens (including phenoxy) is 1. The van der Waals surface area contributed by atoms with Crippen molar-refractivity contribution in [1.29, 1.82) is 0 Å². The summed E-state index contributed by atoms with van der Waals surface area (Å²) in [6.45, 7) is 2.36. The Morgan fingerprint density at radius 3 is 2.83 bits per heavy atom. The van der Waals surface area contributed by atoms with E-state index in [1.807, 2.05) is 6.92 Å². The molecule has 0 amide bonds. The van der Waals surface area contributed by atoms with E-state index in [-0.39, 0.29) is 17.1 Å². The maximum atomic E-state index is 14.3. The number of benzene rings is 1. The van der Waals surface area contributed by atoms with Gasteiger partial charge in [-0.25, -0.2) is 13.8 Å². The molecule has 2 aromatic heterocycles. The highest BCUT2D eigenvalue weighted by molar-refractivity contribution is 5.65. The first kappa shape index (κ1) is 16.1. The third kappa shape index (κ3) is 2.99. The van der Waals surface area contributed by atoms with Gasteiger partial charge in [-0.05, 0) is 12.1 Å². The molecule has 0 saturated heterocycles. The minimum absolute atomic E-state index is 0.00939. The Bertz CT molecular complexity index is 844. The summed E-state index contributed by atoms with van der Waals surface area (Å²) in [5.74, 6) is -0.329. The van der Waals surface area contributed by atoms with E-state index in [4.69, 9.17) is 9.26 Å². The average molecular weight is 334 g/mol. The summed E-state index contributed by atoms with van der Waals surface area (Å²) in [6.07, 6.45) is 4.34. The van der Waals surface area contributed by atoms with Gasteiger partial charge in [-0.2, -0.15) is 4.98 Å². The van der Waals surface area contributed by atoms with E-state index in [0.717, 1.165) is 6.07 Å². The van der Waals surface area contributed by atoms with Gasteiger partial charge >= 0.3 is 0 Å². The summed E-state index contributed by atoms with van der Waals surface area (Å²) in [6, 6.07) is 2.40. The van der Waals surface area contributed by atoms with Crippen LogP contribution in [0.1, 0.15) is 18.6 Å². The number of methoxy groups -OCH3 is 1. The SMILES string of the molecule is CCc1nc(CCn2ccnc2-c2c(OC)ccc(F)c2F)no1. The second-order valence-corrected chi connectivity index (χ2v) is 5.09. The highest BCUT2D eigenvalue weighted by atomic mass is 19.2. The zero-order valence-corrected chi connectivity index (χ0v) is 13.3. The number of rotatable bonds is 6. The lowest BCUT2D eigenvalue weighted by Gasteiger charge is -2.12. The van der Waals surface area contributed by atoms with Crippen molar-refractivity contribution < 1.29 is 18.0 Å². The molecule has 0 spiro atoms. The van der Waals surface area contributed by atoms with Gasteiger partial charge in [0.1, 0.15) is 11.6 Å². The maximum Gasteiger partial charge on any atom is 0.226 e. The van der Waals surface area contributed by atoms with E-state index in [1.54, 1.807) is 10.8 Å². The summed E-state index contributed by atoms with van der Waals surface area (Å²) in [7, 11) is 1.40. The number of hydrogen-bond acceptors (Lipinski definition) is 5. The van der Waals surface area contributed by atoms with Crippen LogP contribution in [0, 0.1) is 11.6 Å². The number of halogens is 2. The molecule has 0 fully saturated rings. The lowest BCUT2D eigenvalue weighted by atomic mass is 10.1. The van der Waals surface area contributed by atoms with Gasteiger partial charge < -0.3 is 13.8 Å². The number of nitrogens with zero attached hydrogens (tertiary/aromatic N) is 4. The molecule has 3 rings (SSSR count). The van der Waals surface area contributed by atoms with Crippen molar-refractivity contribution >= 4 is 0 Å². The summed E-state index contributed by atoms with van der Waals surface area (Å²) >= 11 is 0. The zero-order valence-electron chi connectivity index (χ0n) is 13.3. The van der Waals surface area contributed by atoms with Crippen LogP contribution in [0.3, 0.4) is 0 Å². The van der Waals surface area contributed by atoms with Crippen molar-refractivity contribution in [3.8, 4) is 17.1 Å². The molecule has 2 heterocycles. The van der Waals surface area contributed by atoms with Crippen LogP contribution < -0.4 is 4.74 Å². The molecular weight excluding hydrogens is 318 g/mol. The van der Waals surface area contributed by atoms with Crippen LogP contribution in [0.2, 0.25) is 0 Å². The monoisotopic (exact) mass is 334 g/mol. The fourth-order valence-electron chi connectivity index (χ4n) is 2.38. The van der Waals surface area contributed by atoms with Crippen molar-refractivity contribution in [2.45, 2.75) is 26.3 Å². The Kier molecular flexibility index (Phi) is 4.54. The first-order valence-corrected chi connectivity index (χ1v) is 7.49. The van der Waals surface area contributed by atoms with Crippen molar-refractivity contribution in [2.24, 2.45) is 0 Å². The molecule has 0 bridgehead atoms. The molecule has 0 saturated carbocycles. The minimum atomic E-state index is -0.991. The largest absolute Gasteiger partial charge is 0.496 e. The van der Waals surface area contributed by atoms with Gasteiger partial charge in [0.25, 0.3) is 0 Å². The van der Waals surface area contributed by atoms with Crippen LogP contribution in [-0.4, -0.2) is 26.8 Å². The standard InChI is InChI=1S/C16H16F2N4O2/c1-3-13-20-12(21-24-13)6-8-22-9-7-19-16(22)14-11(23-2)5-4-10(17)15(14)18/h4-5,7,9H,3,6,8H2,1-2H3. The molecule has 0 N–H and O–H groups in total. The molecule has 1 aromatic carbocycles. The summed E-state index contributed by atoms with van der Waals surface area (Å²) < 4.78 is 39.8. The van der Waals surface area contributed by atoms with E-state index in [0.29, 0.717) is 31.1 Å². The Morgan fingerprint density at radius 1 is 1.29 bits per heavy atom. The third-order valence-corrected chi connectivity index (χ3v) is 3.60. The van der Waals surface area contributed by atoms with Gasteiger partial charge in [0.15, 0.2) is 17.5 Å². The van der Waals surface area contributed by atoms with Gasteiger partial charge in [-0.3, -0.25) is 0 Å². The number of hydrogen-bond donors (Lipinski definition) is 0. The second kappa shape index (κ2) is 6.77. The van der Waals surface area contributed by atoms with Gasteiger partial charge in [-0.15, -0.1) is 0 Å². The Hall–Kier alpha value is -2.77. The normalized spacial score (nSPS) is 11.0. The average Bonchev–Trinajstić information content (AvgIpc) is 3.24. The van der Waals surface area contributed by atoms with Gasteiger partial charge in [0.2, 0.25) is 5.89 Å². The summed E-state index contributed by atoms with van der Waals surface area (Å²) in [5, 5.41) is 3.88. The van der Waals surface area contributed by atoms with E-state index < -0.39 is 11.6 Å². The van der Waals surface area contributed by atoms with Crippen molar-refractivity contribution in [1.82, 2.24) is 19.7 Å². The number of aromatic nitrogens is 4. The molecule has 3 aromatic rings. The number of imidazole rings is 1. The first-order valence-electron chi connectivity index (χ1n) is 7.49. The van der Waals surface area contributed by atoms with Gasteiger partial charge in [-0.1, -0.05) is 12.1 Å². The number of aryl methyl sites for hydroxylation is 3. The first-order chi connectivity index (χ1) is 11.6. The van der Waals surface area contributed by atoms with Crippen molar-refractivity contribution in [2.75, 3.05) is 7.11 Å². The zero-order chi connectivity index (χ0) is 17.1. The summed E-state index contributed by atoms with van der Waals surface area (Å²) in [4.78, 5) is 8.37. The molecule has 0 aliphatic rings. The molecule has 0 unspecified atom stereocenters. The Morgan fingerprint density at radius 2 is 2.12 bits per heavy atom. The van der Waals surface area contributed by atoms with Crippen molar-refractivity contribution in [3.63, 3.8) is 0 Å². The van der Waals surface area contributed by atoms with E-state index >= 15 is 0 Å². The Labute approximate surface area is 137 Å². The highest BCUT2D eigenvalue weighted by Gasteiger charge is 2.20. The second-order valence-electron chi connectivity index (χ2n) is 5.09. The van der Waals surface area contributed by atoms with Crippen LogP contribution in [0.5, 0.6) is 5.75 Å². The van der Waals surface area contributed by atoms with Crippen LogP contribution in [0.25, 0.3) is 11.4 Å². The molecule has 0 aliphatic heterocycles. The molecule has 0 atom stereocenters. The van der Waals surface area contributed by atoms with E-state index in [2.05, 4.69) is 15.1 Å². The predicted molar refractivity (Wildman–Crippen MR) is 81.5 cm³/mol. The minimum Gasteiger partial charge on any atom is -0.496 e. The fraction of sp³-hybridized carbons (Fsp3) is 0.312. The Balaban J connectivity index is 1.89. The van der Waals surface area contributed by atoms with E-state index in [9.17, 15) is 8.78 Å². The third-order valence-electron chi connectivity index (χ3n) is 3.60. The topological polar surface area (TPSA) is 66.0 Å². The van der Waals surface area contributed by atoms with Gasteiger partial charge in [0.05, 0.1) is 12.7 Å². The van der Waals surface area contributed by atoms with Crippen LogP contribution in [0.4, 0.5) is 8.78 Å². The maximum absolute atomic E-state index is 14.3. The quantitative estimate of drug-likeness (QED) is 0.693. The molecule has 0 radical (unpaired) electrons. The van der Waals surface area contributed by atoms with Crippen molar-refractivity contribution in [3.05, 3.63) is 47.9 Å². The lowest BCUT2D eigenvalue weighted by Crippen LogP contribution is -2.06. The lowest BCUT2D eigenvalue weighted by molar-refractivity contribution is 0.375. The predicted octanol–water partition coefficient (Wildman–Crippen LogP) is 3.03. The van der Waals surface area contributed by atoms with Crippen LogP contribution in [-0.2, 0) is 19.4 Å². The summed E-state index contributed by atoms with van der Waals surface area (Å²) in [5.41, 5.74) is -0.00939. The molecule has 6 nitrogen and oxygen atoms in total. The molecular formula is C16H16F2N4O2. The highest BCUT2D eigenvalue weighted by Crippen LogP contribution is 2.32. The van der Waals surface area contributed by atoms with Gasteiger partial charge in [0, 0.05) is 31.8 Å². The molecule has 0 aliphatic carbocycles. The molecule has 126 valence electrons. The molecule has 24 heavy (non-hydrogen) atoms. The van der Waals surface area contributed by atoms with Crippen LogP contribution >= 0.6 is 0 Å². The molecule has 8 heteroatoms. The smallest absolute Gasteiger partial charge is 0.226 e. The fourth-order valence-corrected chi connectivity index (χ4v) is 2.38.